The molecule has 4 nitrogen and oxygen atoms in total. The third-order valence-corrected chi connectivity index (χ3v) is 3.72. The van der Waals surface area contributed by atoms with E-state index in [4.69, 9.17) is 9.47 Å². The molecule has 1 atom stereocenters. The van der Waals surface area contributed by atoms with Gasteiger partial charge in [-0.1, -0.05) is 18.2 Å². The monoisotopic (exact) mass is 291 g/mol. The molecular formula is C17H25NO3. The molecule has 1 aromatic carbocycles. The zero-order valence-corrected chi connectivity index (χ0v) is 12.8. The van der Waals surface area contributed by atoms with Gasteiger partial charge < -0.3 is 14.8 Å². The summed E-state index contributed by atoms with van der Waals surface area (Å²) in [6.45, 7) is 4.94. The third kappa shape index (κ3) is 5.38. The van der Waals surface area contributed by atoms with Crippen LogP contribution in [0.25, 0.3) is 0 Å². The van der Waals surface area contributed by atoms with Gasteiger partial charge in [0.2, 0.25) is 0 Å². The molecule has 1 N–H and O–H groups in total. The second-order valence-corrected chi connectivity index (χ2v) is 5.44. The van der Waals surface area contributed by atoms with Crippen LogP contribution >= 0.6 is 0 Å². The summed E-state index contributed by atoms with van der Waals surface area (Å²) in [6, 6.07) is 8.27. The van der Waals surface area contributed by atoms with Gasteiger partial charge in [0.25, 0.3) is 0 Å². The Morgan fingerprint density at radius 3 is 3.10 bits per heavy atom. The summed E-state index contributed by atoms with van der Waals surface area (Å²) in [5, 5.41) is 3.39. The molecule has 1 aliphatic heterocycles. The van der Waals surface area contributed by atoms with Crippen molar-refractivity contribution in [3.05, 3.63) is 29.8 Å². The Balaban J connectivity index is 1.55. The van der Waals surface area contributed by atoms with Crippen molar-refractivity contribution >= 4 is 5.97 Å². The average molecular weight is 291 g/mol. The van der Waals surface area contributed by atoms with Crippen LogP contribution in [-0.2, 0) is 16.0 Å². The zero-order chi connectivity index (χ0) is 14.9. The lowest BCUT2D eigenvalue weighted by molar-refractivity contribution is -0.143. The lowest BCUT2D eigenvalue weighted by Gasteiger charge is -2.25. The number of ether oxygens (including phenoxy) is 2. The number of carbonyl (C=O) groups is 1. The lowest BCUT2D eigenvalue weighted by atomic mass is 9.94. The molecule has 1 aliphatic rings. The number of hydrogen-bond donors (Lipinski definition) is 1. The first-order valence-corrected chi connectivity index (χ1v) is 7.86. The summed E-state index contributed by atoms with van der Waals surface area (Å²) >= 11 is 0. The molecule has 0 bridgehead atoms. The van der Waals surface area contributed by atoms with Crippen LogP contribution in [-0.4, -0.2) is 32.3 Å². The molecule has 1 aromatic rings. The number of fused-ring (bicyclic) bond motifs is 1. The summed E-state index contributed by atoms with van der Waals surface area (Å²) in [5.41, 5.74) is 1.32. The number of rotatable bonds is 8. The predicted octanol–water partition coefficient (Wildman–Crippen LogP) is 2.56. The summed E-state index contributed by atoms with van der Waals surface area (Å²) in [7, 11) is 0. The van der Waals surface area contributed by atoms with Gasteiger partial charge in [0.1, 0.15) is 5.75 Å². The van der Waals surface area contributed by atoms with E-state index in [1.54, 1.807) is 0 Å². The van der Waals surface area contributed by atoms with Gasteiger partial charge in [-0.05, 0) is 56.8 Å². The van der Waals surface area contributed by atoms with Crippen molar-refractivity contribution in [3.8, 4) is 5.75 Å². The van der Waals surface area contributed by atoms with E-state index in [-0.39, 0.29) is 5.97 Å². The van der Waals surface area contributed by atoms with Gasteiger partial charge in [0, 0.05) is 6.42 Å². The Morgan fingerprint density at radius 2 is 2.24 bits per heavy atom. The molecule has 0 aromatic heterocycles. The first kappa shape index (κ1) is 15.8. The summed E-state index contributed by atoms with van der Waals surface area (Å²) < 4.78 is 10.7. The van der Waals surface area contributed by atoms with Crippen molar-refractivity contribution in [1.82, 2.24) is 5.32 Å². The molecule has 0 aliphatic carbocycles. The topological polar surface area (TPSA) is 47.6 Å². The minimum Gasteiger partial charge on any atom is -0.493 e. The first-order chi connectivity index (χ1) is 10.3. The van der Waals surface area contributed by atoms with Crippen LogP contribution in [0.15, 0.2) is 24.3 Å². The van der Waals surface area contributed by atoms with E-state index >= 15 is 0 Å². The Morgan fingerprint density at radius 1 is 1.38 bits per heavy atom. The minimum absolute atomic E-state index is 0.100. The summed E-state index contributed by atoms with van der Waals surface area (Å²) in [6.07, 6.45) is 3.54. The molecule has 0 saturated carbocycles. The molecule has 0 fully saturated rings. The van der Waals surface area contributed by atoms with E-state index in [1.807, 2.05) is 19.1 Å². The normalized spacial score (nSPS) is 16.9. The van der Waals surface area contributed by atoms with Crippen LogP contribution in [0.5, 0.6) is 5.75 Å². The van der Waals surface area contributed by atoms with Crippen LogP contribution < -0.4 is 10.1 Å². The average Bonchev–Trinajstić information content (AvgIpc) is 2.51. The molecule has 4 heteroatoms. The number of para-hydroxylation sites is 1. The van der Waals surface area contributed by atoms with E-state index in [9.17, 15) is 4.79 Å². The van der Waals surface area contributed by atoms with Crippen LogP contribution in [0.3, 0.4) is 0 Å². The second kappa shape index (κ2) is 8.67. The Labute approximate surface area is 126 Å². The zero-order valence-electron chi connectivity index (χ0n) is 12.8. The Hall–Kier alpha value is -1.55. The lowest BCUT2D eigenvalue weighted by Crippen LogP contribution is -2.26. The van der Waals surface area contributed by atoms with Crippen molar-refractivity contribution in [3.63, 3.8) is 0 Å². The fraction of sp³-hybridized carbons (Fsp3) is 0.588. The molecule has 0 saturated heterocycles. The van der Waals surface area contributed by atoms with Gasteiger partial charge in [-0.2, -0.15) is 0 Å². The number of nitrogens with one attached hydrogen (secondary N) is 1. The smallest absolute Gasteiger partial charge is 0.305 e. The molecular weight excluding hydrogens is 266 g/mol. The number of esters is 1. The maximum absolute atomic E-state index is 11.2. The molecule has 0 amide bonds. The molecule has 1 unspecified atom stereocenters. The molecule has 0 radical (unpaired) electrons. The minimum atomic E-state index is -0.100. The number of hydrogen-bond acceptors (Lipinski definition) is 4. The van der Waals surface area contributed by atoms with Crippen molar-refractivity contribution in [2.45, 2.75) is 32.6 Å². The SMILES string of the molecule is CCOC(=O)CCCNCCC1COc2ccccc2C1. The fourth-order valence-electron chi connectivity index (χ4n) is 2.60. The van der Waals surface area contributed by atoms with Gasteiger partial charge >= 0.3 is 5.97 Å². The fourth-order valence-corrected chi connectivity index (χ4v) is 2.60. The second-order valence-electron chi connectivity index (χ2n) is 5.44. The van der Waals surface area contributed by atoms with Gasteiger partial charge in [-0.3, -0.25) is 4.79 Å². The predicted molar refractivity (Wildman–Crippen MR) is 82.5 cm³/mol. The number of benzene rings is 1. The van der Waals surface area contributed by atoms with Crippen molar-refractivity contribution in [1.29, 1.82) is 0 Å². The highest BCUT2D eigenvalue weighted by molar-refractivity contribution is 5.69. The highest BCUT2D eigenvalue weighted by Gasteiger charge is 2.18. The summed E-state index contributed by atoms with van der Waals surface area (Å²) in [4.78, 5) is 11.2. The standard InChI is InChI=1S/C17H25NO3/c1-2-20-17(19)8-5-10-18-11-9-14-12-15-6-3-4-7-16(15)21-13-14/h3-4,6-7,14,18H,2,5,8-13H2,1H3. The van der Waals surface area contributed by atoms with Crippen LogP contribution in [0.1, 0.15) is 31.7 Å². The van der Waals surface area contributed by atoms with E-state index in [2.05, 4.69) is 17.4 Å². The van der Waals surface area contributed by atoms with E-state index < -0.39 is 0 Å². The van der Waals surface area contributed by atoms with Crippen LogP contribution in [0, 0.1) is 5.92 Å². The van der Waals surface area contributed by atoms with Crippen molar-refractivity contribution in [2.75, 3.05) is 26.3 Å². The maximum atomic E-state index is 11.2. The third-order valence-electron chi connectivity index (χ3n) is 3.72. The Kier molecular flexibility index (Phi) is 6.54. The number of carbonyl (C=O) groups excluding carboxylic acids is 1. The van der Waals surface area contributed by atoms with E-state index in [0.29, 0.717) is 18.9 Å². The van der Waals surface area contributed by atoms with E-state index in [0.717, 1.165) is 44.7 Å². The largest absolute Gasteiger partial charge is 0.493 e. The van der Waals surface area contributed by atoms with Gasteiger partial charge in [-0.15, -0.1) is 0 Å². The van der Waals surface area contributed by atoms with Gasteiger partial charge in [-0.25, -0.2) is 0 Å². The van der Waals surface area contributed by atoms with Gasteiger partial charge in [0.05, 0.1) is 13.2 Å². The summed E-state index contributed by atoms with van der Waals surface area (Å²) in [5.74, 6) is 1.52. The molecule has 1 heterocycles. The van der Waals surface area contributed by atoms with Crippen molar-refractivity contribution in [2.24, 2.45) is 5.92 Å². The van der Waals surface area contributed by atoms with Gasteiger partial charge in [0.15, 0.2) is 0 Å². The quantitative estimate of drug-likeness (QED) is 0.591. The highest BCUT2D eigenvalue weighted by atomic mass is 16.5. The van der Waals surface area contributed by atoms with Crippen LogP contribution in [0.4, 0.5) is 0 Å². The molecule has 2 rings (SSSR count). The van der Waals surface area contributed by atoms with E-state index in [1.165, 1.54) is 5.56 Å². The highest BCUT2D eigenvalue weighted by Crippen LogP contribution is 2.27. The van der Waals surface area contributed by atoms with Crippen molar-refractivity contribution < 1.29 is 14.3 Å². The maximum Gasteiger partial charge on any atom is 0.305 e. The first-order valence-electron chi connectivity index (χ1n) is 7.86. The Bertz CT molecular complexity index is 447. The molecule has 21 heavy (non-hydrogen) atoms. The van der Waals surface area contributed by atoms with Crippen LogP contribution in [0.2, 0.25) is 0 Å². The molecule has 116 valence electrons. The molecule has 0 spiro atoms.